The fourth-order valence-electron chi connectivity index (χ4n) is 4.62. The van der Waals surface area contributed by atoms with E-state index in [4.69, 9.17) is 0 Å². The lowest BCUT2D eigenvalue weighted by Crippen LogP contribution is -2.45. The topological polar surface area (TPSA) is 67.7 Å². The van der Waals surface area contributed by atoms with Crippen molar-refractivity contribution in [3.8, 4) is 11.3 Å². The SMILES string of the molecule is Cn1ncc(-c2nc(NC3CCC(NC4CCC4)CC3)ncc2F)c1CC1CC1. The van der Waals surface area contributed by atoms with Crippen LogP contribution in [0.15, 0.2) is 12.4 Å². The van der Waals surface area contributed by atoms with E-state index in [2.05, 4.69) is 25.7 Å². The zero-order valence-electron chi connectivity index (χ0n) is 17.2. The molecule has 2 heterocycles. The number of halogens is 1. The van der Waals surface area contributed by atoms with Crippen LogP contribution < -0.4 is 10.6 Å². The molecule has 156 valence electrons. The van der Waals surface area contributed by atoms with Gasteiger partial charge in [-0.2, -0.15) is 5.10 Å². The van der Waals surface area contributed by atoms with Crippen molar-refractivity contribution in [2.75, 3.05) is 5.32 Å². The molecule has 0 unspecified atom stereocenters. The molecule has 2 aromatic rings. The van der Waals surface area contributed by atoms with Crippen molar-refractivity contribution >= 4 is 5.95 Å². The Morgan fingerprint density at radius 2 is 1.72 bits per heavy atom. The molecule has 2 aromatic heterocycles. The average Bonchev–Trinajstić information content (AvgIpc) is 3.44. The fraction of sp³-hybridized carbons (Fsp3) is 0.682. The summed E-state index contributed by atoms with van der Waals surface area (Å²) < 4.78 is 16.4. The quantitative estimate of drug-likeness (QED) is 0.742. The van der Waals surface area contributed by atoms with Gasteiger partial charge in [0, 0.05) is 36.4 Å². The number of hydrogen-bond acceptors (Lipinski definition) is 5. The smallest absolute Gasteiger partial charge is 0.223 e. The first-order valence-electron chi connectivity index (χ1n) is 11.2. The van der Waals surface area contributed by atoms with Gasteiger partial charge < -0.3 is 10.6 Å². The van der Waals surface area contributed by atoms with Crippen LogP contribution in [-0.2, 0) is 13.5 Å². The number of anilines is 1. The first kappa shape index (κ1) is 19.0. The number of nitrogens with one attached hydrogen (secondary N) is 2. The molecule has 5 rings (SSSR count). The van der Waals surface area contributed by atoms with E-state index >= 15 is 0 Å². The van der Waals surface area contributed by atoms with Gasteiger partial charge in [0.1, 0.15) is 5.69 Å². The first-order chi connectivity index (χ1) is 14.2. The third kappa shape index (κ3) is 4.29. The Morgan fingerprint density at radius 1 is 1.00 bits per heavy atom. The summed E-state index contributed by atoms with van der Waals surface area (Å²) in [4.78, 5) is 8.78. The summed E-state index contributed by atoms with van der Waals surface area (Å²) in [5, 5.41) is 11.6. The molecule has 3 fully saturated rings. The van der Waals surface area contributed by atoms with Crippen molar-refractivity contribution in [2.45, 2.75) is 82.3 Å². The van der Waals surface area contributed by atoms with E-state index < -0.39 is 0 Å². The molecule has 29 heavy (non-hydrogen) atoms. The van der Waals surface area contributed by atoms with E-state index in [-0.39, 0.29) is 5.82 Å². The highest BCUT2D eigenvalue weighted by atomic mass is 19.1. The van der Waals surface area contributed by atoms with Crippen molar-refractivity contribution in [1.82, 2.24) is 25.1 Å². The molecular weight excluding hydrogens is 367 g/mol. The summed E-state index contributed by atoms with van der Waals surface area (Å²) in [6.07, 6.45) is 15.1. The molecule has 0 aliphatic heterocycles. The summed E-state index contributed by atoms with van der Waals surface area (Å²) in [6, 6.07) is 1.74. The predicted molar refractivity (Wildman–Crippen MR) is 111 cm³/mol. The van der Waals surface area contributed by atoms with E-state index in [0.29, 0.717) is 29.6 Å². The van der Waals surface area contributed by atoms with Crippen molar-refractivity contribution < 1.29 is 4.39 Å². The molecule has 0 spiro atoms. The average molecular weight is 399 g/mol. The molecular formula is C22H31FN6. The maximum absolute atomic E-state index is 14.6. The van der Waals surface area contributed by atoms with Crippen molar-refractivity contribution in [1.29, 1.82) is 0 Å². The third-order valence-corrected chi connectivity index (χ3v) is 6.88. The van der Waals surface area contributed by atoms with Gasteiger partial charge in [-0.1, -0.05) is 6.42 Å². The fourth-order valence-corrected chi connectivity index (χ4v) is 4.62. The molecule has 0 bridgehead atoms. The minimum absolute atomic E-state index is 0.354. The van der Waals surface area contributed by atoms with Gasteiger partial charge >= 0.3 is 0 Å². The van der Waals surface area contributed by atoms with Crippen LogP contribution in [0.25, 0.3) is 11.3 Å². The lowest BCUT2D eigenvalue weighted by atomic mass is 9.87. The standard InChI is InChI=1S/C22H31FN6/c1-29-20(11-14-5-6-14)18(12-25-29)21-19(23)13-24-22(28-21)27-17-9-7-16(8-10-17)26-15-3-2-4-15/h12-17,26H,2-11H2,1H3,(H,24,27,28). The maximum atomic E-state index is 14.6. The monoisotopic (exact) mass is 398 g/mol. The lowest BCUT2D eigenvalue weighted by Gasteiger charge is -2.35. The largest absolute Gasteiger partial charge is 0.351 e. The van der Waals surface area contributed by atoms with Gasteiger partial charge in [-0.3, -0.25) is 4.68 Å². The van der Waals surface area contributed by atoms with E-state index in [9.17, 15) is 4.39 Å². The Bertz CT molecular complexity index is 849. The molecule has 0 radical (unpaired) electrons. The lowest BCUT2D eigenvalue weighted by molar-refractivity contribution is 0.260. The number of rotatable bonds is 7. The normalized spacial score (nSPS) is 25.0. The van der Waals surface area contributed by atoms with Crippen LogP contribution in [0.5, 0.6) is 0 Å². The second kappa shape index (κ2) is 8.01. The number of nitrogens with zero attached hydrogens (tertiary/aromatic N) is 4. The second-order valence-corrected chi connectivity index (χ2v) is 9.15. The van der Waals surface area contributed by atoms with E-state index in [1.54, 1.807) is 6.20 Å². The minimum atomic E-state index is -0.381. The van der Waals surface area contributed by atoms with Crippen LogP contribution in [0, 0.1) is 11.7 Å². The van der Waals surface area contributed by atoms with Gasteiger partial charge in [-0.25, -0.2) is 14.4 Å². The van der Waals surface area contributed by atoms with E-state index in [0.717, 1.165) is 36.6 Å². The molecule has 0 amide bonds. The van der Waals surface area contributed by atoms with Gasteiger partial charge in [-0.05, 0) is 63.7 Å². The van der Waals surface area contributed by atoms with E-state index in [1.807, 2.05) is 11.7 Å². The Hall–Kier alpha value is -2.02. The molecule has 2 N–H and O–H groups in total. The highest BCUT2D eigenvalue weighted by Crippen LogP contribution is 2.36. The van der Waals surface area contributed by atoms with E-state index in [1.165, 1.54) is 51.1 Å². The van der Waals surface area contributed by atoms with Crippen molar-refractivity contribution in [2.24, 2.45) is 13.0 Å². The maximum Gasteiger partial charge on any atom is 0.223 e. The van der Waals surface area contributed by atoms with Crippen LogP contribution in [-0.4, -0.2) is 37.9 Å². The Balaban J connectivity index is 1.25. The number of aryl methyl sites for hydroxylation is 1. The number of hydrogen-bond donors (Lipinski definition) is 2. The molecule has 7 heteroatoms. The van der Waals surface area contributed by atoms with Gasteiger partial charge in [0.05, 0.1) is 12.4 Å². The van der Waals surface area contributed by atoms with Gasteiger partial charge in [0.2, 0.25) is 5.95 Å². The van der Waals surface area contributed by atoms with Crippen LogP contribution >= 0.6 is 0 Å². The van der Waals surface area contributed by atoms with Gasteiger partial charge in [0.25, 0.3) is 0 Å². The molecule has 6 nitrogen and oxygen atoms in total. The van der Waals surface area contributed by atoms with Gasteiger partial charge in [0.15, 0.2) is 5.82 Å². The second-order valence-electron chi connectivity index (χ2n) is 9.15. The molecule has 0 aromatic carbocycles. The van der Waals surface area contributed by atoms with Gasteiger partial charge in [-0.15, -0.1) is 0 Å². The Kier molecular flexibility index (Phi) is 5.24. The van der Waals surface area contributed by atoms with Crippen LogP contribution in [0.3, 0.4) is 0 Å². The zero-order chi connectivity index (χ0) is 19.8. The highest BCUT2D eigenvalue weighted by molar-refractivity contribution is 5.63. The summed E-state index contributed by atoms with van der Waals surface area (Å²) in [7, 11) is 1.93. The Morgan fingerprint density at radius 3 is 2.41 bits per heavy atom. The highest BCUT2D eigenvalue weighted by Gasteiger charge is 2.28. The molecule has 0 atom stereocenters. The van der Waals surface area contributed by atoms with Crippen molar-refractivity contribution in [3.63, 3.8) is 0 Å². The van der Waals surface area contributed by atoms with Crippen molar-refractivity contribution in [3.05, 3.63) is 23.9 Å². The summed E-state index contributed by atoms with van der Waals surface area (Å²) in [5.41, 5.74) is 2.24. The summed E-state index contributed by atoms with van der Waals surface area (Å²) in [5.74, 6) is 0.849. The van der Waals surface area contributed by atoms with Crippen LogP contribution in [0.2, 0.25) is 0 Å². The number of aromatic nitrogens is 4. The molecule has 0 saturated heterocycles. The molecule has 3 aliphatic rings. The Labute approximate surface area is 171 Å². The molecule has 3 aliphatic carbocycles. The predicted octanol–water partition coefficient (Wildman–Crippen LogP) is 3.83. The summed E-state index contributed by atoms with van der Waals surface area (Å²) >= 11 is 0. The zero-order valence-corrected chi connectivity index (χ0v) is 17.2. The molecule has 3 saturated carbocycles. The third-order valence-electron chi connectivity index (χ3n) is 6.88. The van der Waals surface area contributed by atoms with Crippen LogP contribution in [0.4, 0.5) is 10.3 Å². The van der Waals surface area contributed by atoms with Crippen LogP contribution in [0.1, 0.15) is 63.5 Å². The summed E-state index contributed by atoms with van der Waals surface area (Å²) in [6.45, 7) is 0. The minimum Gasteiger partial charge on any atom is -0.351 e. The first-order valence-corrected chi connectivity index (χ1v) is 11.2.